The van der Waals surface area contributed by atoms with E-state index in [4.69, 9.17) is 5.73 Å². The predicted octanol–water partition coefficient (Wildman–Crippen LogP) is 3.35. The van der Waals surface area contributed by atoms with Gasteiger partial charge >= 0.3 is 0 Å². The molecule has 1 atom stereocenters. The highest BCUT2D eigenvalue weighted by Crippen LogP contribution is 2.18. The molecule has 0 spiro atoms. The van der Waals surface area contributed by atoms with Gasteiger partial charge in [-0.15, -0.1) is 0 Å². The van der Waals surface area contributed by atoms with Crippen LogP contribution in [0.5, 0.6) is 0 Å². The first kappa shape index (κ1) is 12.8. The Morgan fingerprint density at radius 1 is 1.44 bits per heavy atom. The number of unbranched alkanes of at least 4 members (excludes halogenated alkanes) is 2. The maximum absolute atomic E-state index is 5.90. The van der Waals surface area contributed by atoms with Crippen molar-refractivity contribution in [2.45, 2.75) is 52.5 Å². The first-order chi connectivity index (χ1) is 7.63. The molecule has 0 aliphatic rings. The summed E-state index contributed by atoms with van der Waals surface area (Å²) < 4.78 is 0. The van der Waals surface area contributed by atoms with Crippen molar-refractivity contribution < 1.29 is 0 Å². The SMILES string of the molecule is CCCCCC(C)Nc1ncc(C)cc1N. The van der Waals surface area contributed by atoms with Crippen LogP contribution in [0.15, 0.2) is 12.3 Å². The molecule has 0 aromatic carbocycles. The van der Waals surface area contributed by atoms with E-state index in [0.29, 0.717) is 6.04 Å². The van der Waals surface area contributed by atoms with Gasteiger partial charge in [0.2, 0.25) is 0 Å². The number of anilines is 2. The van der Waals surface area contributed by atoms with Gasteiger partial charge in [-0.25, -0.2) is 4.98 Å². The Balaban J connectivity index is 2.46. The van der Waals surface area contributed by atoms with Crippen LogP contribution < -0.4 is 11.1 Å². The fraction of sp³-hybridized carbons (Fsp3) is 0.615. The molecule has 1 aromatic rings. The highest BCUT2D eigenvalue weighted by Gasteiger charge is 2.05. The molecule has 90 valence electrons. The topological polar surface area (TPSA) is 50.9 Å². The van der Waals surface area contributed by atoms with Crippen molar-refractivity contribution in [1.29, 1.82) is 0 Å². The zero-order valence-corrected chi connectivity index (χ0v) is 10.6. The molecule has 0 saturated carbocycles. The molecule has 0 amide bonds. The molecule has 3 nitrogen and oxygen atoms in total. The molecule has 0 aliphatic heterocycles. The largest absolute Gasteiger partial charge is 0.396 e. The van der Waals surface area contributed by atoms with Crippen molar-refractivity contribution in [2.75, 3.05) is 11.1 Å². The Hall–Kier alpha value is -1.25. The third-order valence-corrected chi connectivity index (χ3v) is 2.68. The molecule has 16 heavy (non-hydrogen) atoms. The van der Waals surface area contributed by atoms with Crippen molar-refractivity contribution in [3.63, 3.8) is 0 Å². The number of nitrogen functional groups attached to an aromatic ring is 1. The minimum absolute atomic E-state index is 0.434. The lowest BCUT2D eigenvalue weighted by atomic mass is 10.1. The highest BCUT2D eigenvalue weighted by molar-refractivity contribution is 5.61. The lowest BCUT2D eigenvalue weighted by Gasteiger charge is -2.15. The van der Waals surface area contributed by atoms with Gasteiger partial charge < -0.3 is 11.1 Å². The number of nitrogens with one attached hydrogen (secondary N) is 1. The second kappa shape index (κ2) is 6.36. The van der Waals surface area contributed by atoms with Gasteiger partial charge in [0.05, 0.1) is 5.69 Å². The van der Waals surface area contributed by atoms with Crippen LogP contribution in [0.2, 0.25) is 0 Å². The van der Waals surface area contributed by atoms with Crippen LogP contribution in [0.25, 0.3) is 0 Å². The van der Waals surface area contributed by atoms with Crippen LogP contribution in [0.1, 0.15) is 45.1 Å². The Kier molecular flexibility index (Phi) is 5.09. The first-order valence-corrected chi connectivity index (χ1v) is 6.12. The molecular formula is C13H23N3. The van der Waals surface area contributed by atoms with E-state index in [0.717, 1.165) is 17.1 Å². The quantitative estimate of drug-likeness (QED) is 0.724. The maximum atomic E-state index is 5.90. The Bertz CT molecular complexity index is 323. The van der Waals surface area contributed by atoms with E-state index < -0.39 is 0 Å². The number of hydrogen-bond donors (Lipinski definition) is 2. The molecule has 3 N–H and O–H groups in total. The summed E-state index contributed by atoms with van der Waals surface area (Å²) in [6.45, 7) is 6.39. The van der Waals surface area contributed by atoms with E-state index in [-0.39, 0.29) is 0 Å². The molecule has 0 bridgehead atoms. The summed E-state index contributed by atoms with van der Waals surface area (Å²) in [5.41, 5.74) is 7.74. The summed E-state index contributed by atoms with van der Waals surface area (Å²) in [6, 6.07) is 2.39. The number of aryl methyl sites for hydroxylation is 1. The molecule has 0 aliphatic carbocycles. The van der Waals surface area contributed by atoms with Gasteiger partial charge in [-0.1, -0.05) is 26.2 Å². The maximum Gasteiger partial charge on any atom is 0.149 e. The van der Waals surface area contributed by atoms with E-state index in [2.05, 4.69) is 24.1 Å². The van der Waals surface area contributed by atoms with Crippen molar-refractivity contribution in [1.82, 2.24) is 4.98 Å². The Morgan fingerprint density at radius 3 is 2.81 bits per heavy atom. The third-order valence-electron chi connectivity index (χ3n) is 2.68. The first-order valence-electron chi connectivity index (χ1n) is 6.12. The van der Waals surface area contributed by atoms with Gasteiger partial charge in [-0.05, 0) is 31.9 Å². The molecule has 1 rings (SSSR count). The molecular weight excluding hydrogens is 198 g/mol. The average Bonchev–Trinajstić information content (AvgIpc) is 2.23. The number of rotatable bonds is 6. The second-order valence-electron chi connectivity index (χ2n) is 4.49. The molecule has 1 unspecified atom stereocenters. The lowest BCUT2D eigenvalue weighted by molar-refractivity contribution is 0.614. The van der Waals surface area contributed by atoms with Crippen LogP contribution in [-0.2, 0) is 0 Å². The summed E-state index contributed by atoms with van der Waals surface area (Å²) in [4.78, 5) is 4.31. The number of nitrogens with two attached hydrogens (primary N) is 1. The molecule has 1 heterocycles. The summed E-state index contributed by atoms with van der Waals surface area (Å²) in [5.74, 6) is 0.814. The third kappa shape index (κ3) is 4.09. The normalized spacial score (nSPS) is 12.4. The zero-order valence-electron chi connectivity index (χ0n) is 10.6. The summed E-state index contributed by atoms with van der Waals surface area (Å²) in [7, 11) is 0. The van der Waals surface area contributed by atoms with E-state index in [1.54, 1.807) is 0 Å². The fourth-order valence-corrected chi connectivity index (χ4v) is 1.72. The van der Waals surface area contributed by atoms with Crippen LogP contribution in [-0.4, -0.2) is 11.0 Å². The van der Waals surface area contributed by atoms with Crippen LogP contribution >= 0.6 is 0 Å². The van der Waals surface area contributed by atoms with Gasteiger partial charge in [0.15, 0.2) is 0 Å². The van der Waals surface area contributed by atoms with Crippen LogP contribution in [0.4, 0.5) is 11.5 Å². The molecule has 3 heteroatoms. The molecule has 1 aromatic heterocycles. The van der Waals surface area contributed by atoms with Gasteiger partial charge in [0.25, 0.3) is 0 Å². The van der Waals surface area contributed by atoms with E-state index >= 15 is 0 Å². The number of pyridine rings is 1. The minimum Gasteiger partial charge on any atom is -0.396 e. The van der Waals surface area contributed by atoms with Crippen molar-refractivity contribution in [3.05, 3.63) is 17.8 Å². The van der Waals surface area contributed by atoms with Gasteiger partial charge in [0.1, 0.15) is 5.82 Å². The summed E-state index contributed by atoms with van der Waals surface area (Å²) in [5, 5.41) is 3.36. The second-order valence-corrected chi connectivity index (χ2v) is 4.49. The van der Waals surface area contributed by atoms with Crippen molar-refractivity contribution >= 4 is 11.5 Å². The van der Waals surface area contributed by atoms with Gasteiger partial charge in [-0.3, -0.25) is 0 Å². The van der Waals surface area contributed by atoms with E-state index in [1.807, 2.05) is 19.2 Å². The Labute approximate surface area is 98.5 Å². The number of nitrogens with zero attached hydrogens (tertiary/aromatic N) is 1. The lowest BCUT2D eigenvalue weighted by Crippen LogP contribution is -2.17. The smallest absolute Gasteiger partial charge is 0.149 e. The average molecular weight is 221 g/mol. The summed E-state index contributed by atoms with van der Waals surface area (Å²) in [6.07, 6.45) is 6.83. The fourth-order valence-electron chi connectivity index (χ4n) is 1.72. The zero-order chi connectivity index (χ0) is 12.0. The van der Waals surface area contributed by atoms with E-state index in [1.165, 1.54) is 25.7 Å². The summed E-state index contributed by atoms with van der Waals surface area (Å²) >= 11 is 0. The van der Waals surface area contributed by atoms with Crippen molar-refractivity contribution in [3.8, 4) is 0 Å². The number of hydrogen-bond acceptors (Lipinski definition) is 3. The Morgan fingerprint density at radius 2 is 2.19 bits per heavy atom. The standard InChI is InChI=1S/C13H23N3/c1-4-5-6-7-11(3)16-13-12(14)8-10(2)9-15-13/h8-9,11H,4-7,14H2,1-3H3,(H,15,16). The van der Waals surface area contributed by atoms with Crippen molar-refractivity contribution in [2.24, 2.45) is 0 Å². The molecule has 0 fully saturated rings. The number of aromatic nitrogens is 1. The van der Waals surface area contributed by atoms with Crippen LogP contribution in [0.3, 0.4) is 0 Å². The monoisotopic (exact) mass is 221 g/mol. The molecule has 0 radical (unpaired) electrons. The molecule has 0 saturated heterocycles. The van der Waals surface area contributed by atoms with Gasteiger partial charge in [0, 0.05) is 12.2 Å². The van der Waals surface area contributed by atoms with E-state index in [9.17, 15) is 0 Å². The predicted molar refractivity (Wildman–Crippen MR) is 70.6 cm³/mol. The highest BCUT2D eigenvalue weighted by atomic mass is 15.0. The van der Waals surface area contributed by atoms with Crippen LogP contribution in [0, 0.1) is 6.92 Å². The van der Waals surface area contributed by atoms with Gasteiger partial charge in [-0.2, -0.15) is 0 Å². The minimum atomic E-state index is 0.434.